The van der Waals surface area contributed by atoms with Crippen molar-refractivity contribution in [1.82, 2.24) is 0 Å². The van der Waals surface area contributed by atoms with Gasteiger partial charge in [0.25, 0.3) is 0 Å². The SMILES string of the molecule is COc1ccc([C@H](O)c2ccc3cc(OC)ccc3c2)c(F)c1. The summed E-state index contributed by atoms with van der Waals surface area (Å²) in [5, 5.41) is 12.4. The van der Waals surface area contributed by atoms with E-state index in [2.05, 4.69) is 0 Å². The molecule has 3 nitrogen and oxygen atoms in total. The largest absolute Gasteiger partial charge is 0.497 e. The first-order valence-electron chi connectivity index (χ1n) is 7.21. The molecule has 0 saturated heterocycles. The van der Waals surface area contributed by atoms with Crippen molar-refractivity contribution in [3.8, 4) is 11.5 Å². The second-order valence-corrected chi connectivity index (χ2v) is 5.26. The van der Waals surface area contributed by atoms with Crippen molar-refractivity contribution in [3.63, 3.8) is 0 Å². The molecule has 0 amide bonds. The zero-order valence-corrected chi connectivity index (χ0v) is 12.9. The molecular weight excluding hydrogens is 295 g/mol. The number of rotatable bonds is 4. The average Bonchev–Trinajstić information content (AvgIpc) is 2.60. The van der Waals surface area contributed by atoms with Crippen LogP contribution in [0.15, 0.2) is 54.6 Å². The lowest BCUT2D eigenvalue weighted by Crippen LogP contribution is -2.03. The Kier molecular flexibility index (Phi) is 4.17. The van der Waals surface area contributed by atoms with Gasteiger partial charge in [-0.05, 0) is 46.7 Å². The Labute approximate surface area is 133 Å². The molecule has 0 fully saturated rings. The Bertz CT molecular complexity index is 845. The number of fused-ring (bicyclic) bond motifs is 1. The molecule has 4 heteroatoms. The Morgan fingerprint density at radius 3 is 2.13 bits per heavy atom. The van der Waals surface area contributed by atoms with E-state index in [0.717, 1.165) is 16.5 Å². The van der Waals surface area contributed by atoms with Gasteiger partial charge in [-0.3, -0.25) is 0 Å². The summed E-state index contributed by atoms with van der Waals surface area (Å²) >= 11 is 0. The first-order chi connectivity index (χ1) is 11.1. The molecule has 0 aliphatic heterocycles. The highest BCUT2D eigenvalue weighted by Crippen LogP contribution is 2.30. The van der Waals surface area contributed by atoms with Crippen LogP contribution in [-0.4, -0.2) is 19.3 Å². The maximum atomic E-state index is 14.1. The molecule has 0 bridgehead atoms. The van der Waals surface area contributed by atoms with Gasteiger partial charge < -0.3 is 14.6 Å². The summed E-state index contributed by atoms with van der Waals surface area (Å²) in [6.45, 7) is 0. The second kappa shape index (κ2) is 6.26. The van der Waals surface area contributed by atoms with Crippen molar-refractivity contribution in [3.05, 3.63) is 71.5 Å². The molecule has 23 heavy (non-hydrogen) atoms. The van der Waals surface area contributed by atoms with Crippen LogP contribution in [0.4, 0.5) is 4.39 Å². The van der Waals surface area contributed by atoms with E-state index in [0.29, 0.717) is 11.3 Å². The summed E-state index contributed by atoms with van der Waals surface area (Å²) in [6, 6.07) is 15.6. The number of methoxy groups -OCH3 is 2. The molecule has 3 aromatic rings. The molecule has 0 radical (unpaired) electrons. The molecule has 3 aromatic carbocycles. The number of halogens is 1. The fraction of sp³-hybridized carbons (Fsp3) is 0.158. The number of aliphatic hydroxyl groups excluding tert-OH is 1. The highest BCUT2D eigenvalue weighted by atomic mass is 19.1. The van der Waals surface area contributed by atoms with Crippen molar-refractivity contribution >= 4 is 10.8 Å². The lowest BCUT2D eigenvalue weighted by Gasteiger charge is -2.14. The molecule has 118 valence electrons. The highest BCUT2D eigenvalue weighted by molar-refractivity contribution is 5.84. The van der Waals surface area contributed by atoms with Gasteiger partial charge in [0.2, 0.25) is 0 Å². The number of aliphatic hydroxyl groups is 1. The summed E-state index contributed by atoms with van der Waals surface area (Å²) in [5.41, 5.74) is 0.852. The predicted octanol–water partition coefficient (Wildman–Crippen LogP) is 4.08. The quantitative estimate of drug-likeness (QED) is 0.789. The predicted molar refractivity (Wildman–Crippen MR) is 87.5 cm³/mol. The third-order valence-corrected chi connectivity index (χ3v) is 3.89. The third-order valence-electron chi connectivity index (χ3n) is 3.89. The molecule has 1 atom stereocenters. The van der Waals surface area contributed by atoms with Gasteiger partial charge in [0.15, 0.2) is 0 Å². The fourth-order valence-corrected chi connectivity index (χ4v) is 2.58. The van der Waals surface area contributed by atoms with Crippen LogP contribution in [0, 0.1) is 5.82 Å². The minimum atomic E-state index is -1.03. The topological polar surface area (TPSA) is 38.7 Å². The van der Waals surface area contributed by atoms with Crippen LogP contribution in [-0.2, 0) is 0 Å². The normalized spacial score (nSPS) is 12.2. The van der Waals surface area contributed by atoms with Gasteiger partial charge in [0.05, 0.1) is 14.2 Å². The summed E-state index contributed by atoms with van der Waals surface area (Å²) in [6.07, 6.45) is -1.03. The zero-order valence-electron chi connectivity index (χ0n) is 12.9. The van der Waals surface area contributed by atoms with E-state index in [4.69, 9.17) is 9.47 Å². The van der Waals surface area contributed by atoms with E-state index in [-0.39, 0.29) is 5.56 Å². The van der Waals surface area contributed by atoms with Gasteiger partial charge in [0, 0.05) is 11.6 Å². The van der Waals surface area contributed by atoms with Crippen molar-refractivity contribution in [1.29, 1.82) is 0 Å². The minimum absolute atomic E-state index is 0.221. The standard InChI is InChI=1S/C19H17FO3/c1-22-15-6-5-12-9-14(4-3-13(12)10-15)19(21)17-8-7-16(23-2)11-18(17)20/h3-11,19,21H,1-2H3/t19-/m1/s1. The van der Waals surface area contributed by atoms with Gasteiger partial charge in [-0.25, -0.2) is 4.39 Å². The summed E-state index contributed by atoms with van der Waals surface area (Å²) < 4.78 is 24.3. The lowest BCUT2D eigenvalue weighted by atomic mass is 9.98. The van der Waals surface area contributed by atoms with E-state index in [1.54, 1.807) is 19.2 Å². The summed E-state index contributed by atoms with van der Waals surface area (Å²) in [5.74, 6) is 0.697. The minimum Gasteiger partial charge on any atom is -0.497 e. The Morgan fingerprint density at radius 2 is 1.43 bits per heavy atom. The molecule has 0 heterocycles. The second-order valence-electron chi connectivity index (χ2n) is 5.26. The molecule has 0 aliphatic carbocycles. The van der Waals surface area contributed by atoms with Crippen LogP contribution in [0.3, 0.4) is 0 Å². The maximum absolute atomic E-state index is 14.1. The van der Waals surface area contributed by atoms with Crippen molar-refractivity contribution in [2.45, 2.75) is 6.10 Å². The molecule has 0 unspecified atom stereocenters. The van der Waals surface area contributed by atoms with Crippen LogP contribution >= 0.6 is 0 Å². The van der Waals surface area contributed by atoms with Gasteiger partial charge >= 0.3 is 0 Å². The van der Waals surface area contributed by atoms with E-state index in [1.165, 1.54) is 19.2 Å². The maximum Gasteiger partial charge on any atom is 0.133 e. The highest BCUT2D eigenvalue weighted by Gasteiger charge is 2.16. The van der Waals surface area contributed by atoms with Crippen molar-refractivity contribution in [2.75, 3.05) is 14.2 Å². The Hall–Kier alpha value is -2.59. The molecule has 0 aromatic heterocycles. The monoisotopic (exact) mass is 312 g/mol. The van der Waals surface area contributed by atoms with E-state index in [1.807, 2.05) is 30.3 Å². The molecular formula is C19H17FO3. The van der Waals surface area contributed by atoms with Crippen LogP contribution in [0.2, 0.25) is 0 Å². The lowest BCUT2D eigenvalue weighted by molar-refractivity contribution is 0.215. The zero-order chi connectivity index (χ0) is 16.4. The first-order valence-corrected chi connectivity index (χ1v) is 7.21. The van der Waals surface area contributed by atoms with Gasteiger partial charge in [-0.1, -0.05) is 18.2 Å². The van der Waals surface area contributed by atoms with Gasteiger partial charge in [0.1, 0.15) is 23.4 Å². The van der Waals surface area contributed by atoms with Crippen LogP contribution in [0.1, 0.15) is 17.2 Å². The molecule has 1 N–H and O–H groups in total. The van der Waals surface area contributed by atoms with Crippen LogP contribution < -0.4 is 9.47 Å². The number of hydrogen-bond acceptors (Lipinski definition) is 3. The number of benzene rings is 3. The molecule has 0 spiro atoms. The molecule has 0 saturated carbocycles. The van der Waals surface area contributed by atoms with E-state index >= 15 is 0 Å². The van der Waals surface area contributed by atoms with Crippen LogP contribution in [0.5, 0.6) is 11.5 Å². The van der Waals surface area contributed by atoms with Gasteiger partial charge in [-0.15, -0.1) is 0 Å². The molecule has 3 rings (SSSR count). The fourth-order valence-electron chi connectivity index (χ4n) is 2.58. The number of ether oxygens (including phenoxy) is 2. The smallest absolute Gasteiger partial charge is 0.133 e. The third kappa shape index (κ3) is 2.98. The summed E-state index contributed by atoms with van der Waals surface area (Å²) in [4.78, 5) is 0. The van der Waals surface area contributed by atoms with Crippen LogP contribution in [0.25, 0.3) is 10.8 Å². The Balaban J connectivity index is 1.99. The van der Waals surface area contributed by atoms with E-state index < -0.39 is 11.9 Å². The van der Waals surface area contributed by atoms with Crippen molar-refractivity contribution < 1.29 is 19.0 Å². The van der Waals surface area contributed by atoms with Crippen molar-refractivity contribution in [2.24, 2.45) is 0 Å². The number of hydrogen-bond donors (Lipinski definition) is 1. The van der Waals surface area contributed by atoms with E-state index in [9.17, 15) is 9.50 Å². The Morgan fingerprint density at radius 1 is 0.826 bits per heavy atom. The molecule has 0 aliphatic rings. The first kappa shape index (κ1) is 15.3. The van der Waals surface area contributed by atoms with Gasteiger partial charge in [-0.2, -0.15) is 0 Å². The average molecular weight is 312 g/mol. The summed E-state index contributed by atoms with van der Waals surface area (Å²) in [7, 11) is 3.09.